The van der Waals surface area contributed by atoms with Crippen LogP contribution >= 0.6 is 11.3 Å². The molecule has 1 aliphatic heterocycles. The van der Waals surface area contributed by atoms with Crippen molar-refractivity contribution in [2.45, 2.75) is 85.3 Å². The number of nitrogens with zero attached hydrogens (tertiary/aromatic N) is 2. The molecular weight excluding hydrogens is 500 g/mol. The fourth-order valence-corrected chi connectivity index (χ4v) is 5.74. The van der Waals surface area contributed by atoms with Gasteiger partial charge in [-0.3, -0.25) is 14.4 Å². The average Bonchev–Trinajstić information content (AvgIpc) is 3.48. The van der Waals surface area contributed by atoms with E-state index in [0.29, 0.717) is 19.6 Å². The van der Waals surface area contributed by atoms with Crippen molar-refractivity contribution < 1.29 is 24.2 Å². The van der Waals surface area contributed by atoms with Gasteiger partial charge >= 0.3 is 0 Å². The first-order chi connectivity index (χ1) is 18.0. The molecule has 1 aliphatic rings. The van der Waals surface area contributed by atoms with Crippen LogP contribution in [0.3, 0.4) is 0 Å². The molecule has 2 aromatic rings. The lowest BCUT2D eigenvalue weighted by atomic mass is 9.76. The third-order valence-electron chi connectivity index (χ3n) is 7.20. The molecule has 1 amide bonds. The van der Waals surface area contributed by atoms with E-state index in [9.17, 15) is 19.5 Å². The monoisotopic (exact) mass is 542 g/mol. The van der Waals surface area contributed by atoms with E-state index in [-0.39, 0.29) is 49.7 Å². The molecule has 0 spiro atoms. The molecule has 1 aromatic heterocycles. The molecule has 3 rings (SSSR count). The van der Waals surface area contributed by atoms with Gasteiger partial charge in [0, 0.05) is 44.8 Å². The van der Waals surface area contributed by atoms with Gasteiger partial charge < -0.3 is 14.7 Å². The van der Waals surface area contributed by atoms with Gasteiger partial charge in [-0.2, -0.15) is 0 Å². The predicted molar refractivity (Wildman–Crippen MR) is 150 cm³/mol. The lowest BCUT2D eigenvalue weighted by molar-refractivity contribution is -0.146. The zero-order valence-corrected chi connectivity index (χ0v) is 24.2. The zero-order chi connectivity index (χ0) is 27.9. The second kappa shape index (κ2) is 13.6. The van der Waals surface area contributed by atoms with Crippen molar-refractivity contribution >= 4 is 28.8 Å². The molecule has 3 atom stereocenters. The molecule has 1 N–H and O–H groups in total. The van der Waals surface area contributed by atoms with Crippen molar-refractivity contribution in [2.24, 2.45) is 11.3 Å². The number of hydrogen-bond donors (Lipinski definition) is 1. The number of β-amino-alcohol motifs (C(OH)–C–C–N with tert-alkyl or cyclic N) is 1. The lowest BCUT2D eigenvalue weighted by Crippen LogP contribution is -2.47. The van der Waals surface area contributed by atoms with E-state index in [1.807, 2.05) is 64.4 Å². The highest BCUT2D eigenvalue weighted by Gasteiger charge is 2.44. The Kier molecular flexibility index (Phi) is 10.8. The minimum Gasteiger partial charge on any atom is -0.391 e. The topological polar surface area (TPSA) is 96.8 Å². The summed E-state index contributed by atoms with van der Waals surface area (Å²) in [6.45, 7) is 10.9. The Hall–Kier alpha value is -2.42. The molecule has 7 nitrogen and oxygen atoms in total. The third kappa shape index (κ3) is 8.04. The van der Waals surface area contributed by atoms with E-state index in [0.717, 1.165) is 28.1 Å². The highest BCUT2D eigenvalue weighted by molar-refractivity contribution is 7.13. The van der Waals surface area contributed by atoms with E-state index < -0.39 is 23.5 Å². The Labute approximate surface area is 230 Å². The van der Waals surface area contributed by atoms with E-state index in [1.54, 1.807) is 11.3 Å². The molecule has 8 heteroatoms. The van der Waals surface area contributed by atoms with Crippen molar-refractivity contribution in [2.75, 3.05) is 19.8 Å². The van der Waals surface area contributed by atoms with Crippen LogP contribution in [0.25, 0.3) is 10.4 Å². The smallest absolute Gasteiger partial charge is 0.227 e. The summed E-state index contributed by atoms with van der Waals surface area (Å²) in [5.41, 5.74) is 4.53. The number of benzene rings is 1. The fraction of sp³-hybridized carbons (Fsp3) is 0.600. The number of aliphatic hydroxyl groups is 1. The second-order valence-electron chi connectivity index (χ2n) is 11.3. The number of aromatic nitrogens is 1. The first kappa shape index (κ1) is 30.1. The minimum atomic E-state index is -0.742. The molecule has 1 aromatic carbocycles. The van der Waals surface area contributed by atoms with Crippen molar-refractivity contribution in [1.82, 2.24) is 9.88 Å². The Bertz CT molecular complexity index is 1090. The standard InChI is InChI=1S/C30H42N2O5S/c1-6-14-37-15-13-23(33)16-25(30(3,4)5)29(36)32-18-24(34)17-26(32)27(35)12-9-21-7-10-22(11-8-21)28-20(2)31-19-38-28/h7-8,10-11,19,24-26,34H,6,9,12-18H2,1-5H3/t24-,25-,26+/m1/s1. The van der Waals surface area contributed by atoms with Crippen LogP contribution in [0, 0.1) is 18.3 Å². The number of aryl methyl sites for hydroxylation is 2. The van der Waals surface area contributed by atoms with Crippen LogP contribution in [0.15, 0.2) is 29.8 Å². The van der Waals surface area contributed by atoms with Gasteiger partial charge in [0.2, 0.25) is 5.91 Å². The number of carbonyl (C=O) groups excluding carboxylic acids is 3. The largest absolute Gasteiger partial charge is 0.391 e. The van der Waals surface area contributed by atoms with Crippen LogP contribution in [0.5, 0.6) is 0 Å². The number of ether oxygens (including phenoxy) is 1. The summed E-state index contributed by atoms with van der Waals surface area (Å²) in [6.07, 6.45) is 1.62. The first-order valence-electron chi connectivity index (χ1n) is 13.6. The van der Waals surface area contributed by atoms with Gasteiger partial charge in [0.25, 0.3) is 0 Å². The van der Waals surface area contributed by atoms with Crippen LogP contribution in [0.1, 0.15) is 71.1 Å². The summed E-state index contributed by atoms with van der Waals surface area (Å²) in [6, 6.07) is 7.49. The molecule has 208 valence electrons. The number of amides is 1. The van der Waals surface area contributed by atoms with Crippen LogP contribution in [-0.2, 0) is 25.5 Å². The summed E-state index contributed by atoms with van der Waals surface area (Å²) in [7, 11) is 0. The molecule has 0 unspecified atom stereocenters. The number of Topliss-reactive ketones (excluding diaryl/α,β-unsaturated/α-hetero) is 2. The molecule has 1 fully saturated rings. The van der Waals surface area contributed by atoms with Crippen molar-refractivity contribution in [1.29, 1.82) is 0 Å². The summed E-state index contributed by atoms with van der Waals surface area (Å²) < 4.78 is 5.44. The van der Waals surface area contributed by atoms with Gasteiger partial charge in [0.05, 0.1) is 34.8 Å². The van der Waals surface area contributed by atoms with Gasteiger partial charge in [-0.05, 0) is 36.3 Å². The molecule has 0 aliphatic carbocycles. The van der Waals surface area contributed by atoms with Gasteiger partial charge in [-0.15, -0.1) is 11.3 Å². The summed E-state index contributed by atoms with van der Waals surface area (Å²) in [4.78, 5) is 46.6. The average molecular weight is 543 g/mol. The molecule has 1 saturated heterocycles. The number of aliphatic hydroxyl groups excluding tert-OH is 1. The van der Waals surface area contributed by atoms with E-state index in [1.165, 1.54) is 4.90 Å². The van der Waals surface area contributed by atoms with Crippen LogP contribution < -0.4 is 0 Å². The van der Waals surface area contributed by atoms with Crippen molar-refractivity contribution in [3.8, 4) is 10.4 Å². The third-order valence-corrected chi connectivity index (χ3v) is 8.18. The zero-order valence-electron chi connectivity index (χ0n) is 23.4. The fourth-order valence-electron chi connectivity index (χ4n) is 4.92. The maximum atomic E-state index is 13.7. The molecule has 0 bridgehead atoms. The van der Waals surface area contributed by atoms with E-state index in [4.69, 9.17) is 4.74 Å². The van der Waals surface area contributed by atoms with Gasteiger partial charge in [-0.1, -0.05) is 52.0 Å². The first-order valence-corrected chi connectivity index (χ1v) is 14.5. The highest BCUT2D eigenvalue weighted by atomic mass is 32.1. The summed E-state index contributed by atoms with van der Waals surface area (Å²) in [5.74, 6) is -0.859. The Morgan fingerprint density at radius 1 is 1.16 bits per heavy atom. The van der Waals surface area contributed by atoms with Crippen molar-refractivity contribution in [3.63, 3.8) is 0 Å². The van der Waals surface area contributed by atoms with E-state index in [2.05, 4.69) is 4.98 Å². The summed E-state index contributed by atoms with van der Waals surface area (Å²) in [5, 5.41) is 10.4. The molecule has 0 radical (unpaired) electrons. The lowest BCUT2D eigenvalue weighted by Gasteiger charge is -2.34. The quantitative estimate of drug-likeness (QED) is 0.357. The van der Waals surface area contributed by atoms with Crippen LogP contribution in [-0.4, -0.2) is 64.4 Å². The summed E-state index contributed by atoms with van der Waals surface area (Å²) >= 11 is 1.61. The van der Waals surface area contributed by atoms with Gasteiger partial charge in [-0.25, -0.2) is 4.98 Å². The number of hydrogen-bond acceptors (Lipinski definition) is 7. The molecule has 0 saturated carbocycles. The molecule has 2 heterocycles. The van der Waals surface area contributed by atoms with Crippen LogP contribution in [0.2, 0.25) is 0 Å². The highest BCUT2D eigenvalue weighted by Crippen LogP contribution is 2.34. The Balaban J connectivity index is 1.63. The Morgan fingerprint density at radius 3 is 2.47 bits per heavy atom. The normalized spacial score (nSPS) is 18.5. The molecular formula is C30H42N2O5S. The van der Waals surface area contributed by atoms with Gasteiger partial charge in [0.15, 0.2) is 5.78 Å². The maximum Gasteiger partial charge on any atom is 0.227 e. The number of rotatable bonds is 13. The van der Waals surface area contributed by atoms with Crippen LogP contribution in [0.4, 0.5) is 0 Å². The van der Waals surface area contributed by atoms with Crippen molar-refractivity contribution in [3.05, 3.63) is 41.0 Å². The maximum absolute atomic E-state index is 13.7. The number of likely N-dealkylation sites (tertiary alicyclic amines) is 1. The minimum absolute atomic E-state index is 0.0195. The SMILES string of the molecule is CCCOCCC(=O)C[C@H](C(=O)N1C[C@H](O)C[C@H]1C(=O)CCc1ccc(-c2scnc2C)cc1)C(C)(C)C. The van der Waals surface area contributed by atoms with E-state index >= 15 is 0 Å². The second-order valence-corrected chi connectivity index (χ2v) is 12.2. The van der Waals surface area contributed by atoms with Gasteiger partial charge in [0.1, 0.15) is 5.78 Å². The number of carbonyl (C=O) groups is 3. The Morgan fingerprint density at radius 2 is 1.87 bits per heavy atom. The number of ketones is 2. The predicted octanol–water partition coefficient (Wildman–Crippen LogP) is 5.02. The number of thiazole rings is 1. The molecule has 38 heavy (non-hydrogen) atoms.